The standard InChI is InChI=1S/C18H27N3/c1-5-13-21-17(11-12-20-21)18(19-6-2)16-9-7-15(8-10-16)14(3)4/h7-12,14,18-19H,5-6,13H2,1-4H3. The molecule has 0 saturated heterocycles. The van der Waals surface area contributed by atoms with Gasteiger partial charge in [0.2, 0.25) is 0 Å². The number of hydrogen-bond acceptors (Lipinski definition) is 2. The van der Waals surface area contributed by atoms with E-state index in [1.807, 2.05) is 6.20 Å². The monoisotopic (exact) mass is 285 g/mol. The van der Waals surface area contributed by atoms with Crippen LogP contribution < -0.4 is 5.32 Å². The third-order valence-electron chi connectivity index (χ3n) is 3.83. The van der Waals surface area contributed by atoms with E-state index in [1.54, 1.807) is 0 Å². The second-order valence-corrected chi connectivity index (χ2v) is 5.79. The summed E-state index contributed by atoms with van der Waals surface area (Å²) in [5.41, 5.74) is 3.94. The van der Waals surface area contributed by atoms with Crippen molar-refractivity contribution in [3.63, 3.8) is 0 Å². The average Bonchev–Trinajstić information content (AvgIpc) is 2.93. The van der Waals surface area contributed by atoms with Gasteiger partial charge >= 0.3 is 0 Å². The molecule has 0 aliphatic carbocycles. The minimum atomic E-state index is 0.213. The van der Waals surface area contributed by atoms with E-state index < -0.39 is 0 Å². The molecule has 0 saturated carbocycles. The van der Waals surface area contributed by atoms with Crippen molar-refractivity contribution < 1.29 is 0 Å². The number of aryl methyl sites for hydroxylation is 1. The van der Waals surface area contributed by atoms with Crippen molar-refractivity contribution in [1.82, 2.24) is 15.1 Å². The van der Waals surface area contributed by atoms with Crippen LogP contribution in [0.4, 0.5) is 0 Å². The first kappa shape index (κ1) is 15.8. The van der Waals surface area contributed by atoms with Gasteiger partial charge in [-0.3, -0.25) is 4.68 Å². The summed E-state index contributed by atoms with van der Waals surface area (Å²) < 4.78 is 2.11. The molecule has 1 aromatic heterocycles. The molecule has 2 aromatic rings. The molecule has 114 valence electrons. The lowest BCUT2D eigenvalue weighted by molar-refractivity contribution is 0.520. The molecule has 1 heterocycles. The first-order valence-electron chi connectivity index (χ1n) is 8.02. The van der Waals surface area contributed by atoms with Gasteiger partial charge in [-0.1, -0.05) is 52.0 Å². The topological polar surface area (TPSA) is 29.9 Å². The van der Waals surface area contributed by atoms with Crippen molar-refractivity contribution in [2.45, 2.75) is 52.6 Å². The van der Waals surface area contributed by atoms with E-state index in [0.29, 0.717) is 5.92 Å². The van der Waals surface area contributed by atoms with Crippen LogP contribution in [0.1, 0.15) is 62.9 Å². The lowest BCUT2D eigenvalue weighted by Gasteiger charge is -2.20. The number of nitrogens with zero attached hydrogens (tertiary/aromatic N) is 2. The van der Waals surface area contributed by atoms with Crippen molar-refractivity contribution in [2.75, 3.05) is 6.54 Å². The third kappa shape index (κ3) is 3.73. The molecule has 0 fully saturated rings. The van der Waals surface area contributed by atoms with Gasteiger partial charge in [0.1, 0.15) is 0 Å². The molecule has 21 heavy (non-hydrogen) atoms. The summed E-state index contributed by atoms with van der Waals surface area (Å²) in [6.45, 7) is 10.7. The fraction of sp³-hybridized carbons (Fsp3) is 0.500. The minimum Gasteiger partial charge on any atom is -0.305 e. The van der Waals surface area contributed by atoms with E-state index in [-0.39, 0.29) is 6.04 Å². The SMILES string of the molecule is CCCn1nccc1C(NCC)c1ccc(C(C)C)cc1. The number of aromatic nitrogens is 2. The van der Waals surface area contributed by atoms with E-state index in [2.05, 4.69) is 73.1 Å². The summed E-state index contributed by atoms with van der Waals surface area (Å²) >= 11 is 0. The summed E-state index contributed by atoms with van der Waals surface area (Å²) in [6, 6.07) is 11.3. The molecule has 0 radical (unpaired) electrons. The second kappa shape index (κ2) is 7.41. The fourth-order valence-corrected chi connectivity index (χ4v) is 2.66. The molecule has 1 N–H and O–H groups in total. The van der Waals surface area contributed by atoms with Crippen LogP contribution in [0.2, 0.25) is 0 Å². The Morgan fingerprint density at radius 3 is 2.29 bits per heavy atom. The Morgan fingerprint density at radius 1 is 1.05 bits per heavy atom. The summed E-state index contributed by atoms with van der Waals surface area (Å²) in [4.78, 5) is 0. The molecule has 0 bridgehead atoms. The minimum absolute atomic E-state index is 0.213. The van der Waals surface area contributed by atoms with Gasteiger partial charge in [-0.05, 0) is 36.1 Å². The third-order valence-corrected chi connectivity index (χ3v) is 3.83. The van der Waals surface area contributed by atoms with Crippen LogP contribution in [0.15, 0.2) is 36.5 Å². The van der Waals surface area contributed by atoms with Gasteiger partial charge in [0.05, 0.1) is 11.7 Å². The summed E-state index contributed by atoms with van der Waals surface area (Å²) in [6.07, 6.45) is 3.00. The zero-order chi connectivity index (χ0) is 15.2. The molecule has 3 heteroatoms. The van der Waals surface area contributed by atoms with Crippen LogP contribution in [0.25, 0.3) is 0 Å². The Morgan fingerprint density at radius 2 is 1.71 bits per heavy atom. The number of hydrogen-bond donors (Lipinski definition) is 1. The largest absolute Gasteiger partial charge is 0.305 e. The molecule has 1 aromatic carbocycles. The fourth-order valence-electron chi connectivity index (χ4n) is 2.66. The van der Waals surface area contributed by atoms with Gasteiger partial charge in [-0.25, -0.2) is 0 Å². The lowest BCUT2D eigenvalue weighted by atomic mass is 9.97. The van der Waals surface area contributed by atoms with Crippen molar-refractivity contribution in [3.8, 4) is 0 Å². The van der Waals surface area contributed by atoms with Gasteiger partial charge in [0.15, 0.2) is 0 Å². The van der Waals surface area contributed by atoms with Crippen LogP contribution in [-0.4, -0.2) is 16.3 Å². The summed E-state index contributed by atoms with van der Waals surface area (Å²) in [5.74, 6) is 0.572. The second-order valence-electron chi connectivity index (χ2n) is 5.79. The molecule has 0 amide bonds. The van der Waals surface area contributed by atoms with E-state index in [9.17, 15) is 0 Å². The highest BCUT2D eigenvalue weighted by Gasteiger charge is 2.17. The molecule has 2 rings (SSSR count). The predicted molar refractivity (Wildman–Crippen MR) is 88.6 cm³/mol. The van der Waals surface area contributed by atoms with Gasteiger partial charge in [0, 0.05) is 12.7 Å². The van der Waals surface area contributed by atoms with Crippen LogP contribution in [0, 0.1) is 0 Å². The van der Waals surface area contributed by atoms with E-state index in [0.717, 1.165) is 19.5 Å². The first-order chi connectivity index (χ1) is 10.2. The lowest BCUT2D eigenvalue weighted by Crippen LogP contribution is -2.25. The summed E-state index contributed by atoms with van der Waals surface area (Å²) in [5, 5.41) is 8.05. The zero-order valence-corrected chi connectivity index (χ0v) is 13.6. The molecular formula is C18H27N3. The Bertz CT molecular complexity index is 540. The van der Waals surface area contributed by atoms with Crippen molar-refractivity contribution in [1.29, 1.82) is 0 Å². The Hall–Kier alpha value is -1.61. The number of rotatable bonds is 7. The molecule has 3 nitrogen and oxygen atoms in total. The molecular weight excluding hydrogens is 258 g/mol. The summed E-state index contributed by atoms with van der Waals surface area (Å²) in [7, 11) is 0. The smallest absolute Gasteiger partial charge is 0.0748 e. The highest BCUT2D eigenvalue weighted by molar-refractivity contribution is 5.31. The van der Waals surface area contributed by atoms with Gasteiger partial charge in [-0.15, -0.1) is 0 Å². The van der Waals surface area contributed by atoms with Gasteiger partial charge in [0.25, 0.3) is 0 Å². The van der Waals surface area contributed by atoms with Gasteiger partial charge < -0.3 is 5.32 Å². The number of nitrogens with one attached hydrogen (secondary N) is 1. The molecule has 1 unspecified atom stereocenters. The Balaban J connectivity index is 2.31. The van der Waals surface area contributed by atoms with Crippen molar-refractivity contribution >= 4 is 0 Å². The zero-order valence-electron chi connectivity index (χ0n) is 13.6. The molecule has 0 spiro atoms. The Kier molecular flexibility index (Phi) is 5.57. The Labute approximate surface area is 128 Å². The highest BCUT2D eigenvalue weighted by atomic mass is 15.3. The van der Waals surface area contributed by atoms with E-state index in [4.69, 9.17) is 0 Å². The van der Waals surface area contributed by atoms with Crippen molar-refractivity contribution in [2.24, 2.45) is 0 Å². The quantitative estimate of drug-likeness (QED) is 0.829. The van der Waals surface area contributed by atoms with Crippen molar-refractivity contribution in [3.05, 3.63) is 53.3 Å². The predicted octanol–water partition coefficient (Wildman–Crippen LogP) is 4.12. The maximum atomic E-state index is 4.46. The van der Waals surface area contributed by atoms with Crippen LogP contribution in [0.5, 0.6) is 0 Å². The number of benzene rings is 1. The highest BCUT2D eigenvalue weighted by Crippen LogP contribution is 2.24. The van der Waals surface area contributed by atoms with Crippen LogP contribution >= 0.6 is 0 Å². The maximum absolute atomic E-state index is 4.46. The molecule has 1 atom stereocenters. The average molecular weight is 285 g/mol. The molecule has 0 aliphatic rings. The van der Waals surface area contributed by atoms with E-state index >= 15 is 0 Å². The van der Waals surface area contributed by atoms with Crippen LogP contribution in [0.3, 0.4) is 0 Å². The van der Waals surface area contributed by atoms with Crippen LogP contribution in [-0.2, 0) is 6.54 Å². The normalized spacial score (nSPS) is 12.8. The first-order valence-corrected chi connectivity index (χ1v) is 8.02. The van der Waals surface area contributed by atoms with E-state index in [1.165, 1.54) is 16.8 Å². The van der Waals surface area contributed by atoms with Gasteiger partial charge in [-0.2, -0.15) is 5.10 Å². The maximum Gasteiger partial charge on any atom is 0.0748 e. The molecule has 0 aliphatic heterocycles.